The number of nitrogens with zero attached hydrogens (tertiary/aromatic N) is 4. The summed E-state index contributed by atoms with van der Waals surface area (Å²) in [4.78, 5) is 12.7. The van der Waals surface area contributed by atoms with E-state index in [9.17, 15) is 4.79 Å². The maximum absolute atomic E-state index is 12.7. The van der Waals surface area contributed by atoms with Gasteiger partial charge in [-0.05, 0) is 65.1 Å². The van der Waals surface area contributed by atoms with Crippen LogP contribution in [0.1, 0.15) is 38.8 Å². The lowest BCUT2D eigenvalue weighted by Crippen LogP contribution is -2.23. The zero-order chi connectivity index (χ0) is 21.9. The number of anilines is 1. The minimum atomic E-state index is -0.396. The Morgan fingerprint density at radius 2 is 1.87 bits per heavy atom. The molecule has 1 unspecified atom stereocenters. The van der Waals surface area contributed by atoms with E-state index in [1.165, 1.54) is 17.3 Å². The van der Waals surface area contributed by atoms with Crippen LogP contribution in [-0.2, 0) is 10.2 Å². The van der Waals surface area contributed by atoms with Crippen LogP contribution in [0.15, 0.2) is 47.6 Å². The van der Waals surface area contributed by atoms with Crippen molar-refractivity contribution in [2.24, 2.45) is 0 Å². The van der Waals surface area contributed by atoms with Crippen LogP contribution >= 0.6 is 11.8 Å². The summed E-state index contributed by atoms with van der Waals surface area (Å²) < 4.78 is 7.03. The lowest BCUT2D eigenvalue weighted by Gasteiger charge is -2.19. The molecule has 0 aliphatic heterocycles. The Hall–Kier alpha value is -2.87. The maximum atomic E-state index is 12.7. The number of carbonyl (C=O) groups excluding carboxylic acids is 1. The third kappa shape index (κ3) is 4.99. The third-order valence-electron chi connectivity index (χ3n) is 4.67. The predicted molar refractivity (Wildman–Crippen MR) is 120 cm³/mol. The van der Waals surface area contributed by atoms with Gasteiger partial charge in [0.2, 0.25) is 11.1 Å². The highest BCUT2D eigenvalue weighted by atomic mass is 32.2. The fourth-order valence-electron chi connectivity index (χ4n) is 2.88. The molecule has 0 bridgehead atoms. The number of methoxy groups -OCH3 is 1. The lowest BCUT2D eigenvalue weighted by molar-refractivity contribution is -0.115. The summed E-state index contributed by atoms with van der Waals surface area (Å²) in [5, 5.41) is 15.1. The highest BCUT2D eigenvalue weighted by Gasteiger charge is 2.21. The molecule has 1 amide bonds. The van der Waals surface area contributed by atoms with Gasteiger partial charge in [-0.1, -0.05) is 50.7 Å². The van der Waals surface area contributed by atoms with Gasteiger partial charge in [0, 0.05) is 5.69 Å². The molecule has 8 heteroatoms. The number of benzene rings is 2. The maximum Gasteiger partial charge on any atom is 0.237 e. The molecule has 1 aromatic heterocycles. The van der Waals surface area contributed by atoms with Crippen LogP contribution in [0.4, 0.5) is 5.69 Å². The zero-order valence-electron chi connectivity index (χ0n) is 18.1. The zero-order valence-corrected chi connectivity index (χ0v) is 18.9. The number of hydrogen-bond donors (Lipinski definition) is 1. The minimum absolute atomic E-state index is 0.0691. The van der Waals surface area contributed by atoms with Gasteiger partial charge in [0.25, 0.3) is 0 Å². The van der Waals surface area contributed by atoms with Crippen LogP contribution < -0.4 is 10.1 Å². The minimum Gasteiger partial charge on any atom is -0.494 e. The molecule has 7 nitrogen and oxygen atoms in total. The van der Waals surface area contributed by atoms with Gasteiger partial charge in [0.15, 0.2) is 0 Å². The number of thioether (sulfide) groups is 1. The normalized spacial score (nSPS) is 12.5. The largest absolute Gasteiger partial charge is 0.494 e. The molecule has 30 heavy (non-hydrogen) atoms. The number of rotatable bonds is 6. The lowest BCUT2D eigenvalue weighted by atomic mass is 9.87. The number of aryl methyl sites for hydroxylation is 1. The Kier molecular flexibility index (Phi) is 6.45. The van der Waals surface area contributed by atoms with E-state index in [1.54, 1.807) is 11.8 Å². The van der Waals surface area contributed by atoms with Gasteiger partial charge in [-0.25, -0.2) is 0 Å². The number of ether oxygens (including phenoxy) is 1. The summed E-state index contributed by atoms with van der Waals surface area (Å²) in [6.45, 7) is 10.3. The number of tetrazole rings is 1. The number of nitrogens with one attached hydrogen (secondary N) is 1. The van der Waals surface area contributed by atoms with Crippen molar-refractivity contribution in [2.45, 2.75) is 50.4 Å². The Morgan fingerprint density at radius 3 is 2.50 bits per heavy atom. The molecule has 0 saturated carbocycles. The van der Waals surface area contributed by atoms with E-state index >= 15 is 0 Å². The summed E-state index contributed by atoms with van der Waals surface area (Å²) in [5.74, 6) is 0.542. The first-order chi connectivity index (χ1) is 14.2. The van der Waals surface area contributed by atoms with Gasteiger partial charge in [-0.15, -0.1) is 5.10 Å². The topological polar surface area (TPSA) is 81.9 Å². The molecule has 3 aromatic rings. The molecule has 0 aliphatic carbocycles. The first-order valence-corrected chi connectivity index (χ1v) is 10.6. The highest BCUT2D eigenvalue weighted by Crippen LogP contribution is 2.29. The Bertz CT molecular complexity index is 1020. The Labute approximate surface area is 181 Å². The molecule has 1 atom stereocenters. The molecule has 0 spiro atoms. The van der Waals surface area contributed by atoms with Crippen molar-refractivity contribution < 1.29 is 9.53 Å². The third-order valence-corrected chi connectivity index (χ3v) is 5.71. The SMILES string of the molecule is COc1ccc(C)cc1-n1nnnc1SC(C)C(=O)Nc1ccc(C(C)(C)C)cc1. The summed E-state index contributed by atoms with van der Waals surface area (Å²) >= 11 is 1.29. The number of amides is 1. The highest BCUT2D eigenvalue weighted by molar-refractivity contribution is 8.00. The van der Waals surface area contributed by atoms with E-state index in [0.29, 0.717) is 10.9 Å². The fourth-order valence-corrected chi connectivity index (χ4v) is 3.68. The van der Waals surface area contributed by atoms with Crippen molar-refractivity contribution in [2.75, 3.05) is 12.4 Å². The van der Waals surface area contributed by atoms with Crippen molar-refractivity contribution >= 4 is 23.4 Å². The molecule has 2 aromatic carbocycles. The average molecular weight is 426 g/mol. The summed E-state index contributed by atoms with van der Waals surface area (Å²) in [5.41, 5.74) is 3.84. The van der Waals surface area contributed by atoms with Gasteiger partial charge < -0.3 is 10.1 Å². The van der Waals surface area contributed by atoms with Crippen molar-refractivity contribution in [3.05, 3.63) is 53.6 Å². The number of hydrogen-bond acceptors (Lipinski definition) is 6. The molecule has 0 radical (unpaired) electrons. The predicted octanol–water partition coefficient (Wildman–Crippen LogP) is 4.40. The van der Waals surface area contributed by atoms with Crippen LogP contribution in [-0.4, -0.2) is 38.5 Å². The van der Waals surface area contributed by atoms with E-state index in [4.69, 9.17) is 4.74 Å². The Morgan fingerprint density at radius 1 is 1.17 bits per heavy atom. The second-order valence-electron chi connectivity index (χ2n) is 8.13. The van der Waals surface area contributed by atoms with Gasteiger partial charge >= 0.3 is 0 Å². The van der Waals surface area contributed by atoms with Crippen molar-refractivity contribution in [3.8, 4) is 11.4 Å². The van der Waals surface area contributed by atoms with Crippen molar-refractivity contribution in [1.82, 2.24) is 20.2 Å². The molecular formula is C22H27N5O2S. The van der Waals surface area contributed by atoms with E-state index < -0.39 is 5.25 Å². The summed E-state index contributed by atoms with van der Waals surface area (Å²) in [6.07, 6.45) is 0. The quantitative estimate of drug-likeness (QED) is 0.590. The van der Waals surface area contributed by atoms with Crippen molar-refractivity contribution in [1.29, 1.82) is 0 Å². The van der Waals surface area contributed by atoms with Gasteiger partial charge in [-0.2, -0.15) is 4.68 Å². The fraction of sp³-hybridized carbons (Fsp3) is 0.364. The monoisotopic (exact) mass is 425 g/mol. The van der Waals surface area contributed by atoms with Crippen molar-refractivity contribution in [3.63, 3.8) is 0 Å². The van der Waals surface area contributed by atoms with Crippen LogP contribution in [0.3, 0.4) is 0 Å². The van der Waals surface area contributed by atoms with E-state index in [0.717, 1.165) is 16.9 Å². The van der Waals surface area contributed by atoms with Gasteiger partial charge in [-0.3, -0.25) is 4.79 Å². The van der Waals surface area contributed by atoms with E-state index in [2.05, 4.69) is 41.6 Å². The summed E-state index contributed by atoms with van der Waals surface area (Å²) in [7, 11) is 1.60. The Balaban J connectivity index is 1.73. The molecule has 158 valence electrons. The van der Waals surface area contributed by atoms with Crippen LogP contribution in [0.5, 0.6) is 5.75 Å². The second kappa shape index (κ2) is 8.87. The second-order valence-corrected chi connectivity index (χ2v) is 9.43. The molecule has 0 saturated heterocycles. The first kappa shape index (κ1) is 21.8. The number of aromatic nitrogens is 4. The van der Waals surface area contributed by atoms with Crippen LogP contribution in [0, 0.1) is 6.92 Å². The smallest absolute Gasteiger partial charge is 0.237 e. The van der Waals surface area contributed by atoms with E-state index in [-0.39, 0.29) is 11.3 Å². The molecular weight excluding hydrogens is 398 g/mol. The molecule has 1 heterocycles. The molecule has 0 fully saturated rings. The van der Waals surface area contributed by atoms with Crippen LogP contribution in [0.2, 0.25) is 0 Å². The molecule has 1 N–H and O–H groups in total. The van der Waals surface area contributed by atoms with Crippen LogP contribution in [0.25, 0.3) is 5.69 Å². The van der Waals surface area contributed by atoms with Gasteiger partial charge in [0.1, 0.15) is 11.4 Å². The van der Waals surface area contributed by atoms with Gasteiger partial charge in [0.05, 0.1) is 12.4 Å². The van der Waals surface area contributed by atoms with E-state index in [1.807, 2.05) is 56.3 Å². The first-order valence-electron chi connectivity index (χ1n) is 9.70. The number of carbonyl (C=O) groups is 1. The summed E-state index contributed by atoms with van der Waals surface area (Å²) in [6, 6.07) is 13.7. The average Bonchev–Trinajstić information content (AvgIpc) is 3.15. The molecule has 3 rings (SSSR count). The molecule has 0 aliphatic rings. The standard InChI is InChI=1S/C22H27N5O2S/c1-14-7-12-19(29-6)18(13-14)27-21(24-25-26-27)30-15(2)20(28)23-17-10-8-16(9-11-17)22(3,4)5/h7-13,15H,1-6H3,(H,23,28).